The molecule has 0 N–H and O–H groups in total. The Labute approximate surface area is 82.0 Å². The van der Waals surface area contributed by atoms with E-state index in [9.17, 15) is 0 Å². The van der Waals surface area contributed by atoms with Gasteiger partial charge in [0.2, 0.25) is 0 Å². The topological polar surface area (TPSA) is 52.8 Å². The lowest BCUT2D eigenvalue weighted by Gasteiger charge is -2.12. The lowest BCUT2D eigenvalue weighted by molar-refractivity contribution is 0.154. The van der Waals surface area contributed by atoms with E-state index in [4.69, 9.17) is 16.3 Å². The fourth-order valence-electron chi connectivity index (χ4n) is 1.09. The second-order valence-electron chi connectivity index (χ2n) is 2.90. The van der Waals surface area contributed by atoms with Crippen LogP contribution in [0.4, 0.5) is 0 Å². The number of hydrogen-bond donors (Lipinski definition) is 0. The zero-order valence-electron chi connectivity index (χ0n) is 7.94. The SMILES string of the molecule is COCC(C)n1nnnc1C(C)Cl. The minimum atomic E-state index is -0.186. The molecule has 1 aromatic rings. The van der Waals surface area contributed by atoms with E-state index in [0.717, 1.165) is 0 Å². The van der Waals surface area contributed by atoms with E-state index in [0.29, 0.717) is 12.4 Å². The summed E-state index contributed by atoms with van der Waals surface area (Å²) in [4.78, 5) is 0. The molecule has 6 heteroatoms. The van der Waals surface area contributed by atoms with Gasteiger partial charge < -0.3 is 4.74 Å². The van der Waals surface area contributed by atoms with Gasteiger partial charge in [-0.15, -0.1) is 16.7 Å². The van der Waals surface area contributed by atoms with Crippen molar-refractivity contribution >= 4 is 11.6 Å². The lowest BCUT2D eigenvalue weighted by Crippen LogP contribution is -2.16. The first-order chi connectivity index (χ1) is 6.16. The molecule has 0 saturated carbocycles. The summed E-state index contributed by atoms with van der Waals surface area (Å²) >= 11 is 5.89. The molecule has 1 heterocycles. The summed E-state index contributed by atoms with van der Waals surface area (Å²) in [6, 6.07) is 0.108. The molecule has 0 radical (unpaired) electrons. The quantitative estimate of drug-likeness (QED) is 0.692. The van der Waals surface area contributed by atoms with Crippen LogP contribution in [0.2, 0.25) is 0 Å². The molecule has 0 saturated heterocycles. The van der Waals surface area contributed by atoms with Crippen molar-refractivity contribution in [2.24, 2.45) is 0 Å². The van der Waals surface area contributed by atoms with Gasteiger partial charge in [0.15, 0.2) is 5.82 Å². The van der Waals surface area contributed by atoms with Crippen molar-refractivity contribution in [1.29, 1.82) is 0 Å². The standard InChI is InChI=1S/C7H13ClN4O/c1-5(4-13-3)12-7(6(2)8)9-10-11-12/h5-6H,4H2,1-3H3. The Balaban J connectivity index is 2.80. The highest BCUT2D eigenvalue weighted by Crippen LogP contribution is 2.18. The Kier molecular flexibility index (Phi) is 3.62. The zero-order chi connectivity index (χ0) is 9.84. The van der Waals surface area contributed by atoms with Crippen LogP contribution in [0.25, 0.3) is 0 Å². The summed E-state index contributed by atoms with van der Waals surface area (Å²) in [5.74, 6) is 0.672. The number of rotatable bonds is 4. The second kappa shape index (κ2) is 4.53. The van der Waals surface area contributed by atoms with Gasteiger partial charge in [-0.1, -0.05) is 0 Å². The average Bonchev–Trinajstić information content (AvgIpc) is 2.52. The number of methoxy groups -OCH3 is 1. The number of hydrogen-bond acceptors (Lipinski definition) is 4. The lowest BCUT2D eigenvalue weighted by atomic mass is 10.3. The third kappa shape index (κ3) is 2.38. The van der Waals surface area contributed by atoms with Crippen molar-refractivity contribution in [2.45, 2.75) is 25.3 Å². The molecule has 1 rings (SSSR count). The monoisotopic (exact) mass is 204 g/mol. The first-order valence-corrected chi connectivity index (χ1v) is 4.51. The van der Waals surface area contributed by atoms with Gasteiger partial charge in [-0.2, -0.15) is 0 Å². The molecule has 0 aliphatic heterocycles. The van der Waals surface area contributed by atoms with E-state index in [1.807, 2.05) is 13.8 Å². The molecule has 0 spiro atoms. The Hall–Kier alpha value is -0.680. The van der Waals surface area contributed by atoms with E-state index >= 15 is 0 Å². The predicted molar refractivity (Wildman–Crippen MR) is 48.7 cm³/mol. The summed E-state index contributed by atoms with van der Waals surface area (Å²) < 4.78 is 6.68. The Morgan fingerprint density at radius 1 is 1.54 bits per heavy atom. The van der Waals surface area contributed by atoms with Gasteiger partial charge in [-0.3, -0.25) is 0 Å². The van der Waals surface area contributed by atoms with E-state index in [-0.39, 0.29) is 11.4 Å². The molecule has 13 heavy (non-hydrogen) atoms. The van der Waals surface area contributed by atoms with Crippen LogP contribution in [-0.4, -0.2) is 33.9 Å². The number of ether oxygens (including phenoxy) is 1. The number of alkyl halides is 1. The minimum Gasteiger partial charge on any atom is -0.382 e. The highest BCUT2D eigenvalue weighted by Gasteiger charge is 2.16. The van der Waals surface area contributed by atoms with Crippen LogP contribution < -0.4 is 0 Å². The number of aromatic nitrogens is 4. The van der Waals surface area contributed by atoms with Crippen LogP contribution in [0, 0.1) is 0 Å². The van der Waals surface area contributed by atoms with Crippen LogP contribution in [0.5, 0.6) is 0 Å². The van der Waals surface area contributed by atoms with Crippen LogP contribution in [0.3, 0.4) is 0 Å². The molecule has 0 fully saturated rings. The molecule has 2 atom stereocenters. The molecule has 5 nitrogen and oxygen atoms in total. The summed E-state index contributed by atoms with van der Waals surface area (Å²) in [6.07, 6.45) is 0. The fraction of sp³-hybridized carbons (Fsp3) is 0.857. The number of tetrazole rings is 1. The second-order valence-corrected chi connectivity index (χ2v) is 3.56. The molecule has 74 valence electrons. The summed E-state index contributed by atoms with van der Waals surface area (Å²) in [5.41, 5.74) is 0. The molecule has 0 aliphatic rings. The van der Waals surface area contributed by atoms with Gasteiger partial charge in [-0.25, -0.2) is 4.68 Å². The maximum Gasteiger partial charge on any atom is 0.169 e. The van der Waals surface area contributed by atoms with Crippen molar-refractivity contribution in [3.05, 3.63) is 5.82 Å². The largest absolute Gasteiger partial charge is 0.382 e. The highest BCUT2D eigenvalue weighted by molar-refractivity contribution is 6.20. The Morgan fingerprint density at radius 3 is 2.77 bits per heavy atom. The smallest absolute Gasteiger partial charge is 0.169 e. The number of halogens is 1. The van der Waals surface area contributed by atoms with Crippen LogP contribution in [-0.2, 0) is 4.74 Å². The van der Waals surface area contributed by atoms with Crippen molar-refractivity contribution in [3.63, 3.8) is 0 Å². The maximum atomic E-state index is 5.89. The van der Waals surface area contributed by atoms with E-state index < -0.39 is 0 Å². The average molecular weight is 205 g/mol. The predicted octanol–water partition coefficient (Wildman–Crippen LogP) is 1.18. The van der Waals surface area contributed by atoms with Crippen LogP contribution in [0.1, 0.15) is 31.1 Å². The summed E-state index contributed by atoms with van der Waals surface area (Å²) in [7, 11) is 1.64. The van der Waals surface area contributed by atoms with Gasteiger partial charge >= 0.3 is 0 Å². The molecule has 0 aromatic carbocycles. The molecule has 0 aliphatic carbocycles. The van der Waals surface area contributed by atoms with E-state index in [1.54, 1.807) is 11.8 Å². The summed E-state index contributed by atoms with van der Waals surface area (Å²) in [5, 5.41) is 11.1. The van der Waals surface area contributed by atoms with Crippen molar-refractivity contribution < 1.29 is 4.74 Å². The third-order valence-corrected chi connectivity index (χ3v) is 1.89. The van der Waals surface area contributed by atoms with Crippen LogP contribution >= 0.6 is 11.6 Å². The van der Waals surface area contributed by atoms with Gasteiger partial charge in [0, 0.05) is 7.11 Å². The molecule has 0 bridgehead atoms. The van der Waals surface area contributed by atoms with Gasteiger partial charge in [0.25, 0.3) is 0 Å². The highest BCUT2D eigenvalue weighted by atomic mass is 35.5. The minimum absolute atomic E-state index is 0.108. The van der Waals surface area contributed by atoms with Gasteiger partial charge in [-0.05, 0) is 24.3 Å². The molecule has 0 amide bonds. The molecule has 2 unspecified atom stereocenters. The van der Waals surface area contributed by atoms with Crippen molar-refractivity contribution in [3.8, 4) is 0 Å². The first-order valence-electron chi connectivity index (χ1n) is 4.07. The van der Waals surface area contributed by atoms with Crippen LogP contribution in [0.15, 0.2) is 0 Å². The fourth-order valence-corrected chi connectivity index (χ4v) is 1.23. The first kappa shape index (κ1) is 10.4. The summed E-state index contributed by atoms with van der Waals surface area (Å²) in [6.45, 7) is 4.38. The maximum absolute atomic E-state index is 5.89. The Morgan fingerprint density at radius 2 is 2.23 bits per heavy atom. The van der Waals surface area contributed by atoms with E-state index in [2.05, 4.69) is 15.5 Å². The molecule has 1 aromatic heterocycles. The van der Waals surface area contributed by atoms with Crippen molar-refractivity contribution in [1.82, 2.24) is 20.2 Å². The normalized spacial score (nSPS) is 15.7. The zero-order valence-corrected chi connectivity index (χ0v) is 8.69. The van der Waals surface area contributed by atoms with E-state index in [1.165, 1.54) is 0 Å². The molecular weight excluding hydrogens is 192 g/mol. The Bertz CT molecular complexity index is 263. The van der Waals surface area contributed by atoms with Crippen molar-refractivity contribution in [2.75, 3.05) is 13.7 Å². The van der Waals surface area contributed by atoms with Gasteiger partial charge in [0.05, 0.1) is 18.0 Å². The third-order valence-electron chi connectivity index (χ3n) is 1.70. The molecular formula is C7H13ClN4O. The van der Waals surface area contributed by atoms with Gasteiger partial charge in [0.1, 0.15) is 0 Å². The number of nitrogens with zero attached hydrogens (tertiary/aromatic N) is 4.